The lowest BCUT2D eigenvalue weighted by molar-refractivity contribution is -0.124. The van der Waals surface area contributed by atoms with Crippen LogP contribution >= 0.6 is 0 Å². The van der Waals surface area contributed by atoms with Crippen LogP contribution in [0.5, 0.6) is 0 Å². The van der Waals surface area contributed by atoms with Crippen molar-refractivity contribution < 1.29 is 18.7 Å². The normalized spacial score (nSPS) is 12.1. The van der Waals surface area contributed by atoms with Crippen molar-refractivity contribution in [1.29, 1.82) is 0 Å². The summed E-state index contributed by atoms with van der Waals surface area (Å²) in [5.74, 6) is -1.15. The fraction of sp³-hybridized carbons (Fsp3) is 0.214. The molecule has 1 aromatic heterocycles. The first kappa shape index (κ1) is 13.0. The van der Waals surface area contributed by atoms with Gasteiger partial charge in [-0.2, -0.15) is 0 Å². The molecule has 0 radical (unpaired) electrons. The number of benzene rings is 1. The molecule has 1 aromatic carbocycles. The molecule has 0 aliphatic carbocycles. The minimum atomic E-state index is -0.890. The third-order valence-electron chi connectivity index (χ3n) is 2.72. The maximum atomic E-state index is 11.8. The van der Waals surface area contributed by atoms with Crippen LogP contribution in [0.15, 0.2) is 39.5 Å². The molecule has 0 saturated heterocycles. The lowest BCUT2D eigenvalue weighted by atomic mass is 10.2. The van der Waals surface area contributed by atoms with Crippen molar-refractivity contribution in [2.24, 2.45) is 0 Å². The van der Waals surface area contributed by atoms with Crippen LogP contribution in [0.1, 0.15) is 24.2 Å². The van der Waals surface area contributed by atoms with Crippen molar-refractivity contribution >= 4 is 22.7 Å². The maximum Gasteiger partial charge on any atom is 0.351 e. The van der Waals surface area contributed by atoms with Crippen molar-refractivity contribution in [2.45, 2.75) is 20.0 Å². The molecule has 0 fully saturated rings. The van der Waals surface area contributed by atoms with E-state index in [2.05, 4.69) is 0 Å². The molecule has 0 aliphatic heterocycles. The first-order valence-electron chi connectivity index (χ1n) is 5.73. The number of carbonyl (C=O) groups excluding carboxylic acids is 2. The molecule has 19 heavy (non-hydrogen) atoms. The maximum absolute atomic E-state index is 11.8. The van der Waals surface area contributed by atoms with Gasteiger partial charge in [0.15, 0.2) is 11.9 Å². The average Bonchev–Trinajstić information content (AvgIpc) is 2.37. The fourth-order valence-electron chi connectivity index (χ4n) is 1.51. The summed E-state index contributed by atoms with van der Waals surface area (Å²) in [7, 11) is 0. The molecule has 0 amide bonds. The zero-order valence-corrected chi connectivity index (χ0v) is 10.5. The van der Waals surface area contributed by atoms with E-state index in [0.717, 1.165) is 0 Å². The van der Waals surface area contributed by atoms with Gasteiger partial charge in [0.25, 0.3) is 0 Å². The quantitative estimate of drug-likeness (QED) is 0.622. The van der Waals surface area contributed by atoms with Crippen molar-refractivity contribution in [1.82, 2.24) is 0 Å². The minimum Gasteiger partial charge on any atom is -0.451 e. The zero-order valence-electron chi connectivity index (χ0n) is 10.5. The van der Waals surface area contributed by atoms with Crippen LogP contribution in [0.25, 0.3) is 11.0 Å². The Morgan fingerprint density at radius 1 is 1.26 bits per heavy atom. The summed E-state index contributed by atoms with van der Waals surface area (Å²) >= 11 is 0. The number of ketones is 1. The van der Waals surface area contributed by atoms with E-state index < -0.39 is 17.7 Å². The van der Waals surface area contributed by atoms with E-state index in [1.165, 1.54) is 19.9 Å². The Balaban J connectivity index is 2.39. The van der Waals surface area contributed by atoms with Gasteiger partial charge in [-0.1, -0.05) is 18.2 Å². The second-order valence-electron chi connectivity index (χ2n) is 4.14. The number of ether oxygens (including phenoxy) is 1. The van der Waals surface area contributed by atoms with Crippen LogP contribution in [0, 0.1) is 0 Å². The van der Waals surface area contributed by atoms with Gasteiger partial charge in [0.1, 0.15) is 11.1 Å². The lowest BCUT2D eigenvalue weighted by Gasteiger charge is -2.09. The van der Waals surface area contributed by atoms with Crippen LogP contribution in [0.4, 0.5) is 0 Å². The summed E-state index contributed by atoms with van der Waals surface area (Å²) in [6.45, 7) is 2.75. The third kappa shape index (κ3) is 2.70. The SMILES string of the molecule is CC(=O)C(C)OC(=O)c1cc2ccccc2oc1=O. The van der Waals surface area contributed by atoms with Gasteiger partial charge in [0, 0.05) is 5.39 Å². The molecular formula is C14H12O5. The second kappa shape index (κ2) is 5.06. The van der Waals surface area contributed by atoms with Crippen LogP contribution in [-0.4, -0.2) is 17.9 Å². The molecule has 0 spiro atoms. The highest BCUT2D eigenvalue weighted by Crippen LogP contribution is 2.13. The van der Waals surface area contributed by atoms with E-state index in [-0.39, 0.29) is 11.3 Å². The van der Waals surface area contributed by atoms with Gasteiger partial charge < -0.3 is 9.15 Å². The molecule has 98 valence electrons. The first-order valence-corrected chi connectivity index (χ1v) is 5.73. The van der Waals surface area contributed by atoms with Gasteiger partial charge in [-0.15, -0.1) is 0 Å². The second-order valence-corrected chi connectivity index (χ2v) is 4.14. The van der Waals surface area contributed by atoms with Gasteiger partial charge in [0.05, 0.1) is 0 Å². The number of rotatable bonds is 3. The Morgan fingerprint density at radius 2 is 1.95 bits per heavy atom. The molecule has 0 bridgehead atoms. The highest BCUT2D eigenvalue weighted by molar-refractivity contribution is 5.94. The van der Waals surface area contributed by atoms with Crippen molar-refractivity contribution in [3.05, 3.63) is 46.3 Å². The lowest BCUT2D eigenvalue weighted by Crippen LogP contribution is -2.25. The molecule has 0 aliphatic rings. The van der Waals surface area contributed by atoms with E-state index in [1.54, 1.807) is 24.3 Å². The molecule has 1 atom stereocenters. The topological polar surface area (TPSA) is 73.6 Å². The van der Waals surface area contributed by atoms with Gasteiger partial charge in [-0.3, -0.25) is 4.79 Å². The van der Waals surface area contributed by atoms with Gasteiger partial charge in [-0.05, 0) is 26.0 Å². The standard InChI is InChI=1S/C14H12O5/c1-8(15)9(2)18-13(16)11-7-10-5-3-4-6-12(10)19-14(11)17/h3-7,9H,1-2H3. The van der Waals surface area contributed by atoms with Crippen LogP contribution in [-0.2, 0) is 9.53 Å². The predicted octanol–water partition coefficient (Wildman–Crippen LogP) is 1.93. The van der Waals surface area contributed by atoms with Gasteiger partial charge in [0.2, 0.25) is 0 Å². The largest absolute Gasteiger partial charge is 0.451 e. The monoisotopic (exact) mass is 260 g/mol. The molecular weight excluding hydrogens is 248 g/mol. The summed E-state index contributed by atoms with van der Waals surface area (Å²) in [5.41, 5.74) is -0.602. The molecule has 0 N–H and O–H groups in total. The van der Waals surface area contributed by atoms with E-state index >= 15 is 0 Å². The van der Waals surface area contributed by atoms with Crippen LogP contribution in [0.2, 0.25) is 0 Å². The number of esters is 1. The Hall–Kier alpha value is -2.43. The average molecular weight is 260 g/mol. The van der Waals surface area contributed by atoms with Gasteiger partial charge in [-0.25, -0.2) is 9.59 Å². The van der Waals surface area contributed by atoms with Crippen LogP contribution in [0.3, 0.4) is 0 Å². The Morgan fingerprint density at radius 3 is 2.63 bits per heavy atom. The first-order chi connectivity index (χ1) is 8.99. The Labute approximate surface area is 108 Å². The van der Waals surface area contributed by atoms with Crippen LogP contribution < -0.4 is 5.63 Å². The Kier molecular flexibility index (Phi) is 3.46. The summed E-state index contributed by atoms with van der Waals surface area (Å²) in [4.78, 5) is 34.5. The molecule has 5 nitrogen and oxygen atoms in total. The van der Waals surface area contributed by atoms with Crippen molar-refractivity contribution in [3.8, 4) is 0 Å². The van der Waals surface area contributed by atoms with Gasteiger partial charge >= 0.3 is 11.6 Å². The van der Waals surface area contributed by atoms with E-state index in [1.807, 2.05) is 0 Å². The molecule has 1 heterocycles. The highest BCUT2D eigenvalue weighted by atomic mass is 16.5. The number of para-hydroxylation sites is 1. The number of hydrogen-bond acceptors (Lipinski definition) is 5. The highest BCUT2D eigenvalue weighted by Gasteiger charge is 2.19. The van der Waals surface area contributed by atoms with Crippen molar-refractivity contribution in [3.63, 3.8) is 0 Å². The van der Waals surface area contributed by atoms with Crippen molar-refractivity contribution in [2.75, 3.05) is 0 Å². The number of fused-ring (bicyclic) bond motifs is 1. The summed E-state index contributed by atoms with van der Waals surface area (Å²) in [6, 6.07) is 8.22. The molecule has 1 unspecified atom stereocenters. The van der Waals surface area contributed by atoms with E-state index in [0.29, 0.717) is 11.0 Å². The molecule has 5 heteroatoms. The number of hydrogen-bond donors (Lipinski definition) is 0. The minimum absolute atomic E-state index is 0.216. The Bertz CT molecular complexity index is 698. The summed E-state index contributed by atoms with van der Waals surface area (Å²) < 4.78 is 9.89. The van der Waals surface area contributed by atoms with E-state index in [9.17, 15) is 14.4 Å². The summed E-state index contributed by atoms with van der Waals surface area (Å²) in [5, 5.41) is 0.615. The number of carbonyl (C=O) groups is 2. The molecule has 2 rings (SSSR count). The molecule has 0 saturated carbocycles. The predicted molar refractivity (Wildman–Crippen MR) is 68.0 cm³/mol. The third-order valence-corrected chi connectivity index (χ3v) is 2.72. The number of Topliss-reactive ketones (excluding diaryl/α,β-unsaturated/α-hetero) is 1. The fourth-order valence-corrected chi connectivity index (χ4v) is 1.51. The zero-order chi connectivity index (χ0) is 14.0. The molecule has 2 aromatic rings. The van der Waals surface area contributed by atoms with E-state index in [4.69, 9.17) is 9.15 Å². The smallest absolute Gasteiger partial charge is 0.351 e. The summed E-state index contributed by atoms with van der Waals surface area (Å²) in [6.07, 6.45) is -0.890.